The Balaban J connectivity index is 2.51. The molecule has 4 nitrogen and oxygen atoms in total. The highest BCUT2D eigenvalue weighted by Crippen LogP contribution is 2.10. The van der Waals surface area contributed by atoms with Crippen molar-refractivity contribution in [2.75, 3.05) is 0 Å². The Morgan fingerprint density at radius 2 is 2.33 bits per heavy atom. The van der Waals surface area contributed by atoms with Gasteiger partial charge in [0.2, 0.25) is 5.91 Å². The number of aromatic nitrogens is 2. The minimum absolute atomic E-state index is 0.230. The van der Waals surface area contributed by atoms with E-state index < -0.39 is 0 Å². The first kappa shape index (κ1) is 9.71. The monoisotopic (exact) mass is 203 g/mol. The van der Waals surface area contributed by atoms with Crippen LogP contribution in [0, 0.1) is 0 Å². The summed E-state index contributed by atoms with van der Waals surface area (Å²) in [4.78, 5) is 15.0. The van der Waals surface area contributed by atoms with E-state index in [-0.39, 0.29) is 12.3 Å². The molecule has 15 heavy (non-hydrogen) atoms. The minimum Gasteiger partial charge on any atom is -0.369 e. The van der Waals surface area contributed by atoms with Gasteiger partial charge in [0.25, 0.3) is 0 Å². The highest BCUT2D eigenvalue weighted by atomic mass is 16.1. The number of hydrogen-bond donors (Lipinski definition) is 1. The maximum Gasteiger partial charge on any atom is 0.223 e. The fraction of sp³-hybridized carbons (Fsp3) is 0.273. The highest BCUT2D eigenvalue weighted by Gasteiger charge is 2.05. The largest absolute Gasteiger partial charge is 0.369 e. The summed E-state index contributed by atoms with van der Waals surface area (Å²) in [6, 6.07) is 3.99. The molecule has 0 aliphatic carbocycles. The van der Waals surface area contributed by atoms with Crippen LogP contribution in [0.3, 0.4) is 0 Å². The molecule has 1 amide bonds. The second-order valence-corrected chi connectivity index (χ2v) is 3.51. The Bertz CT molecular complexity index is 502. The van der Waals surface area contributed by atoms with Crippen LogP contribution in [0.5, 0.6) is 0 Å². The summed E-state index contributed by atoms with van der Waals surface area (Å²) in [6.45, 7) is 2.09. The summed E-state index contributed by atoms with van der Waals surface area (Å²) in [5, 5.41) is 0. The number of pyridine rings is 1. The normalized spacial score (nSPS) is 10.7. The molecule has 0 unspecified atom stereocenters. The van der Waals surface area contributed by atoms with E-state index in [0.29, 0.717) is 0 Å². The molecule has 2 rings (SSSR count). The molecule has 78 valence electrons. The second-order valence-electron chi connectivity index (χ2n) is 3.51. The van der Waals surface area contributed by atoms with Crippen LogP contribution in [0.25, 0.3) is 5.65 Å². The predicted octanol–water partition coefficient (Wildman–Crippen LogP) is 0.925. The first-order chi connectivity index (χ1) is 7.20. The van der Waals surface area contributed by atoms with Gasteiger partial charge in [0.1, 0.15) is 5.65 Å². The molecule has 0 fully saturated rings. The lowest BCUT2D eigenvalue weighted by Gasteiger charge is -2.01. The number of nitrogens with zero attached hydrogens (tertiary/aromatic N) is 2. The van der Waals surface area contributed by atoms with Gasteiger partial charge >= 0.3 is 0 Å². The van der Waals surface area contributed by atoms with E-state index in [2.05, 4.69) is 11.9 Å². The highest BCUT2D eigenvalue weighted by molar-refractivity contribution is 5.76. The lowest BCUT2D eigenvalue weighted by Crippen LogP contribution is -2.14. The van der Waals surface area contributed by atoms with Crippen LogP contribution in [-0.2, 0) is 17.6 Å². The van der Waals surface area contributed by atoms with Crippen LogP contribution >= 0.6 is 0 Å². The maximum atomic E-state index is 10.8. The average Bonchev–Trinajstić information content (AvgIpc) is 2.60. The summed E-state index contributed by atoms with van der Waals surface area (Å²) >= 11 is 0. The molecule has 2 aromatic heterocycles. The Hall–Kier alpha value is -1.84. The number of nitrogens with two attached hydrogens (primary N) is 1. The molecule has 2 aromatic rings. The second kappa shape index (κ2) is 3.73. The number of imidazole rings is 1. The van der Waals surface area contributed by atoms with Gasteiger partial charge in [0.05, 0.1) is 12.1 Å². The Morgan fingerprint density at radius 1 is 1.53 bits per heavy atom. The summed E-state index contributed by atoms with van der Waals surface area (Å²) in [5.41, 5.74) is 8.07. The minimum atomic E-state index is -0.335. The van der Waals surface area contributed by atoms with Crippen LogP contribution in [0.15, 0.2) is 24.5 Å². The molecule has 0 spiro atoms. The molecule has 0 saturated heterocycles. The Morgan fingerprint density at radius 3 is 3.00 bits per heavy atom. The molecule has 2 N–H and O–H groups in total. The molecule has 4 heteroatoms. The number of amides is 1. The topological polar surface area (TPSA) is 60.4 Å². The maximum absolute atomic E-state index is 10.8. The van der Waals surface area contributed by atoms with Crippen molar-refractivity contribution in [1.29, 1.82) is 0 Å². The van der Waals surface area contributed by atoms with Gasteiger partial charge in [-0.1, -0.05) is 13.0 Å². The van der Waals surface area contributed by atoms with Crippen LogP contribution in [-0.4, -0.2) is 15.3 Å². The fourth-order valence-electron chi connectivity index (χ4n) is 1.59. The molecule has 0 atom stereocenters. The van der Waals surface area contributed by atoms with Crippen LogP contribution in [0.1, 0.15) is 18.2 Å². The first-order valence-electron chi connectivity index (χ1n) is 4.94. The van der Waals surface area contributed by atoms with Crippen molar-refractivity contribution in [3.8, 4) is 0 Å². The Kier molecular flexibility index (Phi) is 2.41. The molecule has 0 aliphatic rings. The summed E-state index contributed by atoms with van der Waals surface area (Å²) in [7, 11) is 0. The zero-order valence-electron chi connectivity index (χ0n) is 8.60. The standard InChI is InChI=1S/C11H13N3O/c1-2-8-3-4-11-13-6-9(5-10(12)15)14(11)7-8/h3-4,6-7H,2,5H2,1H3,(H2,12,15). The third-order valence-electron chi connectivity index (χ3n) is 2.41. The smallest absolute Gasteiger partial charge is 0.223 e. The molecule has 0 aliphatic heterocycles. The number of hydrogen-bond acceptors (Lipinski definition) is 2. The van der Waals surface area contributed by atoms with Crippen molar-refractivity contribution in [3.63, 3.8) is 0 Å². The van der Waals surface area contributed by atoms with Crippen molar-refractivity contribution in [2.45, 2.75) is 19.8 Å². The number of primary amides is 1. The average molecular weight is 203 g/mol. The van der Waals surface area contributed by atoms with Crippen LogP contribution in [0.4, 0.5) is 0 Å². The van der Waals surface area contributed by atoms with Gasteiger partial charge in [-0.15, -0.1) is 0 Å². The number of carbonyl (C=O) groups is 1. The first-order valence-corrected chi connectivity index (χ1v) is 4.94. The van der Waals surface area contributed by atoms with Crippen LogP contribution < -0.4 is 5.73 Å². The lowest BCUT2D eigenvalue weighted by molar-refractivity contribution is -0.117. The lowest BCUT2D eigenvalue weighted by atomic mass is 10.2. The van der Waals surface area contributed by atoms with E-state index in [4.69, 9.17) is 5.73 Å². The van der Waals surface area contributed by atoms with Crippen molar-refractivity contribution >= 4 is 11.6 Å². The fourth-order valence-corrected chi connectivity index (χ4v) is 1.59. The molecular weight excluding hydrogens is 190 g/mol. The van der Waals surface area contributed by atoms with Gasteiger partial charge < -0.3 is 10.1 Å². The molecule has 2 heterocycles. The van der Waals surface area contributed by atoms with Gasteiger partial charge in [0, 0.05) is 12.4 Å². The van der Waals surface area contributed by atoms with Gasteiger partial charge in [-0.05, 0) is 18.1 Å². The zero-order valence-corrected chi connectivity index (χ0v) is 8.60. The van der Waals surface area contributed by atoms with Gasteiger partial charge in [-0.3, -0.25) is 4.79 Å². The Labute approximate surface area is 87.7 Å². The van der Waals surface area contributed by atoms with E-state index in [1.807, 2.05) is 22.7 Å². The van der Waals surface area contributed by atoms with Crippen molar-refractivity contribution in [2.24, 2.45) is 5.73 Å². The quantitative estimate of drug-likeness (QED) is 0.806. The molecule has 0 bridgehead atoms. The van der Waals surface area contributed by atoms with E-state index in [1.165, 1.54) is 5.56 Å². The SMILES string of the molecule is CCc1ccc2ncc(CC(N)=O)n2c1. The van der Waals surface area contributed by atoms with Crippen molar-refractivity contribution in [1.82, 2.24) is 9.38 Å². The number of carbonyl (C=O) groups excluding carboxylic acids is 1. The van der Waals surface area contributed by atoms with Crippen molar-refractivity contribution < 1.29 is 4.79 Å². The van der Waals surface area contributed by atoms with Gasteiger partial charge in [-0.25, -0.2) is 4.98 Å². The van der Waals surface area contributed by atoms with E-state index in [0.717, 1.165) is 17.8 Å². The molecule has 0 radical (unpaired) electrons. The third kappa shape index (κ3) is 1.83. The summed E-state index contributed by atoms with van der Waals surface area (Å²) in [6.07, 6.45) is 4.89. The molecular formula is C11H13N3O. The predicted molar refractivity (Wildman–Crippen MR) is 57.5 cm³/mol. The number of fused-ring (bicyclic) bond motifs is 1. The van der Waals surface area contributed by atoms with Gasteiger partial charge in [0.15, 0.2) is 0 Å². The van der Waals surface area contributed by atoms with Gasteiger partial charge in [-0.2, -0.15) is 0 Å². The van der Waals surface area contributed by atoms with E-state index >= 15 is 0 Å². The van der Waals surface area contributed by atoms with Crippen molar-refractivity contribution in [3.05, 3.63) is 35.8 Å². The van der Waals surface area contributed by atoms with Crippen LogP contribution in [0.2, 0.25) is 0 Å². The number of rotatable bonds is 3. The van der Waals surface area contributed by atoms with E-state index in [9.17, 15) is 4.79 Å². The summed E-state index contributed by atoms with van der Waals surface area (Å²) < 4.78 is 1.92. The zero-order chi connectivity index (χ0) is 10.8. The molecule has 0 saturated carbocycles. The summed E-state index contributed by atoms with van der Waals surface area (Å²) in [5.74, 6) is -0.335. The number of aryl methyl sites for hydroxylation is 1. The third-order valence-corrected chi connectivity index (χ3v) is 2.41. The molecule has 0 aromatic carbocycles. The van der Waals surface area contributed by atoms with E-state index in [1.54, 1.807) is 6.20 Å².